The molecule has 0 radical (unpaired) electrons. The Hall–Kier alpha value is -2.44. The van der Waals surface area contributed by atoms with Crippen LogP contribution in [0.2, 0.25) is 0 Å². The molecule has 0 aliphatic carbocycles. The average Bonchev–Trinajstić information content (AvgIpc) is 3.18. The van der Waals surface area contributed by atoms with Crippen LogP contribution in [0.5, 0.6) is 0 Å². The van der Waals surface area contributed by atoms with E-state index in [2.05, 4.69) is 4.98 Å². The SMILES string of the molecule is C[C@H]1[C@H](F)C[C@@H](C(=O)CCc2cc(C3CCN(CC(C)(F)F)CC3)ncc2F)N1S(=O)(=O)c1ccc(F)cc1. The monoisotopic (exact) mass is 573 g/mol. The average molecular weight is 574 g/mol. The van der Waals surface area contributed by atoms with E-state index in [-0.39, 0.29) is 42.2 Å². The molecule has 0 unspecified atom stereocenters. The topological polar surface area (TPSA) is 70.6 Å². The minimum Gasteiger partial charge on any atom is -0.298 e. The van der Waals surface area contributed by atoms with Crippen LogP contribution in [-0.4, -0.2) is 72.2 Å². The van der Waals surface area contributed by atoms with Crippen LogP contribution in [0.3, 0.4) is 0 Å². The molecule has 39 heavy (non-hydrogen) atoms. The van der Waals surface area contributed by atoms with Crippen LogP contribution in [0.4, 0.5) is 22.0 Å². The number of carbonyl (C=O) groups is 1. The Balaban J connectivity index is 1.44. The summed E-state index contributed by atoms with van der Waals surface area (Å²) in [5.74, 6) is -4.62. The number of carbonyl (C=O) groups excluding carboxylic acids is 1. The summed E-state index contributed by atoms with van der Waals surface area (Å²) in [5.41, 5.74) is 0.840. The molecule has 0 bridgehead atoms. The minimum absolute atomic E-state index is 0.0344. The zero-order valence-corrected chi connectivity index (χ0v) is 22.6. The van der Waals surface area contributed by atoms with Gasteiger partial charge in [-0.05, 0) is 75.2 Å². The third-order valence-corrected chi connectivity index (χ3v) is 9.55. The van der Waals surface area contributed by atoms with Crippen LogP contribution < -0.4 is 0 Å². The molecule has 0 saturated carbocycles. The van der Waals surface area contributed by atoms with Gasteiger partial charge in [-0.25, -0.2) is 30.4 Å². The van der Waals surface area contributed by atoms with Gasteiger partial charge in [-0.2, -0.15) is 4.31 Å². The number of likely N-dealkylation sites (tertiary alicyclic amines) is 1. The second kappa shape index (κ2) is 11.6. The van der Waals surface area contributed by atoms with Crippen LogP contribution in [0.25, 0.3) is 0 Å². The summed E-state index contributed by atoms with van der Waals surface area (Å²) >= 11 is 0. The van der Waals surface area contributed by atoms with Crippen LogP contribution in [0.1, 0.15) is 56.7 Å². The summed E-state index contributed by atoms with van der Waals surface area (Å²) < 4.78 is 96.5. The van der Waals surface area contributed by atoms with Gasteiger partial charge in [-0.15, -0.1) is 0 Å². The summed E-state index contributed by atoms with van der Waals surface area (Å²) in [5, 5.41) is 0. The van der Waals surface area contributed by atoms with E-state index in [1.807, 2.05) is 0 Å². The number of benzene rings is 1. The van der Waals surface area contributed by atoms with Crippen molar-refractivity contribution in [3.05, 3.63) is 59.4 Å². The Labute approximate surface area is 225 Å². The van der Waals surface area contributed by atoms with E-state index in [4.69, 9.17) is 0 Å². The highest BCUT2D eigenvalue weighted by Gasteiger charge is 2.48. The number of sulfonamides is 1. The predicted molar refractivity (Wildman–Crippen MR) is 135 cm³/mol. The molecule has 214 valence electrons. The van der Waals surface area contributed by atoms with Crippen molar-refractivity contribution in [3.63, 3.8) is 0 Å². The van der Waals surface area contributed by atoms with Crippen molar-refractivity contribution in [2.24, 2.45) is 0 Å². The van der Waals surface area contributed by atoms with Gasteiger partial charge in [0.15, 0.2) is 5.78 Å². The van der Waals surface area contributed by atoms with Gasteiger partial charge in [0, 0.05) is 31.4 Å². The number of rotatable bonds is 9. The zero-order chi connectivity index (χ0) is 28.5. The van der Waals surface area contributed by atoms with Crippen LogP contribution in [0, 0.1) is 11.6 Å². The normalized spacial score (nSPS) is 23.8. The lowest BCUT2D eigenvalue weighted by atomic mass is 9.91. The number of aromatic nitrogens is 1. The van der Waals surface area contributed by atoms with E-state index >= 15 is 0 Å². The Morgan fingerprint density at radius 1 is 1.13 bits per heavy atom. The van der Waals surface area contributed by atoms with Gasteiger partial charge in [0.1, 0.15) is 17.8 Å². The van der Waals surface area contributed by atoms with Crippen molar-refractivity contribution < 1.29 is 35.2 Å². The molecule has 2 aliphatic rings. The molecule has 2 saturated heterocycles. The molecule has 0 N–H and O–H groups in total. The van der Waals surface area contributed by atoms with Crippen molar-refractivity contribution in [1.29, 1.82) is 0 Å². The van der Waals surface area contributed by atoms with Crippen molar-refractivity contribution >= 4 is 15.8 Å². The molecule has 3 atom stereocenters. The first-order chi connectivity index (χ1) is 18.3. The lowest BCUT2D eigenvalue weighted by molar-refractivity contribution is -0.122. The van der Waals surface area contributed by atoms with Crippen molar-refractivity contribution in [2.75, 3.05) is 19.6 Å². The highest BCUT2D eigenvalue weighted by atomic mass is 32.2. The zero-order valence-electron chi connectivity index (χ0n) is 21.8. The fraction of sp³-hybridized carbons (Fsp3) is 0.556. The molecule has 2 fully saturated rings. The lowest BCUT2D eigenvalue weighted by Gasteiger charge is -2.33. The first-order valence-electron chi connectivity index (χ1n) is 13.0. The molecule has 12 heteroatoms. The second-order valence-corrected chi connectivity index (χ2v) is 12.4. The van der Waals surface area contributed by atoms with E-state index in [1.165, 1.54) is 6.92 Å². The first-order valence-corrected chi connectivity index (χ1v) is 14.4. The van der Waals surface area contributed by atoms with Crippen LogP contribution in [-0.2, 0) is 21.2 Å². The highest BCUT2D eigenvalue weighted by molar-refractivity contribution is 7.89. The van der Waals surface area contributed by atoms with E-state index in [0.29, 0.717) is 31.6 Å². The third-order valence-electron chi connectivity index (χ3n) is 7.54. The van der Waals surface area contributed by atoms with Gasteiger partial charge in [0.25, 0.3) is 5.92 Å². The number of piperidine rings is 1. The number of hydrogen-bond donors (Lipinski definition) is 0. The fourth-order valence-corrected chi connectivity index (χ4v) is 7.30. The molecule has 4 rings (SSSR count). The third kappa shape index (κ3) is 6.83. The summed E-state index contributed by atoms with van der Waals surface area (Å²) in [7, 11) is -4.29. The number of pyridine rings is 1. The number of halogens is 5. The Morgan fingerprint density at radius 2 is 1.77 bits per heavy atom. The molecule has 1 aromatic heterocycles. The molecular formula is C27H32F5N3O3S. The van der Waals surface area contributed by atoms with Crippen molar-refractivity contribution in [2.45, 2.75) is 80.9 Å². The summed E-state index contributed by atoms with van der Waals surface area (Å²) in [6.07, 6.45) is 0.0961. The second-order valence-electron chi connectivity index (χ2n) is 10.6. The standard InChI is InChI=1S/C27H32F5N3O3S/c1-17-22(29)14-25(35(17)39(37,38)21-6-4-20(28)5-7-21)26(36)8-3-19-13-24(33-15-23(19)30)18-9-11-34(12-10-18)16-27(2,31)32/h4-7,13,15,17-18,22,25H,3,8-12,14,16H2,1-2H3/t17-,22+,25-/m0/s1. The molecule has 3 heterocycles. The minimum atomic E-state index is -4.29. The highest BCUT2D eigenvalue weighted by Crippen LogP contribution is 2.35. The van der Waals surface area contributed by atoms with Gasteiger partial charge >= 0.3 is 0 Å². The fourth-order valence-electron chi connectivity index (χ4n) is 5.46. The Kier molecular flexibility index (Phi) is 8.77. The number of aryl methyl sites for hydroxylation is 1. The number of ketones is 1. The number of alkyl halides is 3. The van der Waals surface area contributed by atoms with E-state index in [1.54, 1.807) is 11.0 Å². The smallest absolute Gasteiger partial charge is 0.257 e. The van der Waals surface area contributed by atoms with Crippen molar-refractivity contribution in [3.8, 4) is 0 Å². The molecule has 1 aromatic carbocycles. The number of hydrogen-bond acceptors (Lipinski definition) is 5. The summed E-state index contributed by atoms with van der Waals surface area (Å²) in [6.45, 7) is 2.86. The quantitative estimate of drug-likeness (QED) is 0.400. The van der Waals surface area contributed by atoms with E-state index in [0.717, 1.165) is 41.7 Å². The molecule has 6 nitrogen and oxygen atoms in total. The number of nitrogens with zero attached hydrogens (tertiary/aromatic N) is 3. The van der Waals surface area contributed by atoms with Crippen LogP contribution in [0.15, 0.2) is 41.4 Å². The lowest BCUT2D eigenvalue weighted by Crippen LogP contribution is -2.44. The molecule has 0 amide bonds. The van der Waals surface area contributed by atoms with Gasteiger partial charge in [-0.3, -0.25) is 14.7 Å². The predicted octanol–water partition coefficient (Wildman–Crippen LogP) is 4.89. The van der Waals surface area contributed by atoms with Gasteiger partial charge in [0.2, 0.25) is 10.0 Å². The maximum absolute atomic E-state index is 14.7. The first kappa shape index (κ1) is 29.5. The molecule has 2 aromatic rings. The maximum atomic E-state index is 14.7. The molecular weight excluding hydrogens is 541 g/mol. The van der Waals surface area contributed by atoms with Crippen molar-refractivity contribution in [1.82, 2.24) is 14.2 Å². The van der Waals surface area contributed by atoms with Crippen LogP contribution >= 0.6 is 0 Å². The summed E-state index contributed by atoms with van der Waals surface area (Å²) in [4.78, 5) is 18.8. The van der Waals surface area contributed by atoms with Gasteiger partial charge < -0.3 is 0 Å². The summed E-state index contributed by atoms with van der Waals surface area (Å²) in [6, 6.07) is 3.29. The number of Topliss-reactive ketones (excluding diaryl/α,β-unsaturated/α-hetero) is 1. The Morgan fingerprint density at radius 3 is 2.38 bits per heavy atom. The van der Waals surface area contributed by atoms with Gasteiger partial charge in [-0.1, -0.05) is 0 Å². The van der Waals surface area contributed by atoms with Gasteiger partial charge in [0.05, 0.1) is 29.7 Å². The Bertz CT molecular complexity index is 1280. The van der Waals surface area contributed by atoms with E-state index in [9.17, 15) is 35.2 Å². The largest absolute Gasteiger partial charge is 0.298 e. The van der Waals surface area contributed by atoms with E-state index < -0.39 is 51.6 Å². The molecule has 0 spiro atoms. The molecule has 2 aliphatic heterocycles. The maximum Gasteiger partial charge on any atom is 0.257 e.